The SMILES string of the molecule is COC(C)(C)C.COC(C)(C)C.COC(C)(C)C.COC(C)(C)C.COC(C)(C)C.COC(C)(C)C.COC(C)(C)C.COC(C)(C)C.COC(C)(C)C.COC(C)(C)C.c1ccc2ccccc2c1.c1ccc2ncccc2c1.c1ccc2nccnc2c1.c1ccc2occc2c1.c1ccc2ocnc2c1.c1ccc2sccc2c1.c1ccoc1.c1ccsc1.c1cocn1.c1cscn1. The predicted octanol–water partition coefficient (Wildman–Crippen LogP) is 33.0. The zero-order valence-corrected chi connectivity index (χ0v) is 93.1. The van der Waals surface area contributed by atoms with Gasteiger partial charge >= 0.3 is 0 Å². The Labute approximate surface area is 837 Å². The van der Waals surface area contributed by atoms with Crippen LogP contribution in [0.2, 0.25) is 0 Å². The molecule has 0 fully saturated rings. The summed E-state index contributed by atoms with van der Waals surface area (Å²) >= 11 is 5.10. The molecule has 0 aliphatic heterocycles. The van der Waals surface area contributed by atoms with Crippen molar-refractivity contribution in [2.45, 2.75) is 264 Å². The molecule has 0 saturated carbocycles. The van der Waals surface area contributed by atoms with Crippen LogP contribution < -0.4 is 0 Å². The molecule has 137 heavy (non-hydrogen) atoms. The van der Waals surface area contributed by atoms with E-state index in [4.69, 9.17) is 56.2 Å². The van der Waals surface area contributed by atoms with Crippen molar-refractivity contribution >= 4 is 98.9 Å². The average molecular weight is 1950 g/mol. The number of para-hydroxylation sites is 6. The molecule has 0 bridgehead atoms. The number of benzene rings is 7. The van der Waals surface area contributed by atoms with Crippen molar-refractivity contribution < 1.29 is 65.0 Å². The molecule has 760 valence electrons. The Balaban J connectivity index is -0.000000683. The Hall–Kier alpha value is -10.1. The number of nitrogens with zero attached hydrogens (tertiary/aromatic N) is 6. The van der Waals surface area contributed by atoms with E-state index in [9.17, 15) is 0 Å². The zero-order valence-electron chi connectivity index (χ0n) is 90.6. The fraction of sp³-hybridized carbons (Fsp3) is 0.439. The number of thiazole rings is 1. The summed E-state index contributed by atoms with van der Waals surface area (Å²) in [5.74, 6) is 0. The van der Waals surface area contributed by atoms with Crippen LogP contribution in [0.15, 0.2) is 332 Å². The summed E-state index contributed by atoms with van der Waals surface area (Å²) in [4.78, 5) is 23.7. The van der Waals surface area contributed by atoms with Crippen LogP contribution in [0.3, 0.4) is 0 Å². The maximum absolute atomic E-state index is 5.12. The molecule has 0 unspecified atom stereocenters. The summed E-state index contributed by atoms with van der Waals surface area (Å²) in [6.45, 7) is 60.6. The van der Waals surface area contributed by atoms with Gasteiger partial charge in [-0.2, -0.15) is 11.3 Å². The van der Waals surface area contributed by atoms with Crippen molar-refractivity contribution in [2.75, 3.05) is 71.1 Å². The Morgan fingerprint density at radius 2 is 0.540 bits per heavy atom. The third kappa shape index (κ3) is 92.1. The quantitative estimate of drug-likeness (QED) is 0.138. The van der Waals surface area contributed by atoms with Crippen molar-refractivity contribution in [2.24, 2.45) is 0 Å². The predicted molar refractivity (Wildman–Crippen MR) is 587 cm³/mol. The second kappa shape index (κ2) is 75.9. The number of aromatic nitrogens is 6. The molecule has 0 N–H and O–H groups in total. The van der Waals surface area contributed by atoms with Gasteiger partial charge in [0.05, 0.1) is 103 Å². The molecule has 0 spiro atoms. The number of hydrogen-bond acceptors (Lipinski definition) is 23. The molecule has 0 amide bonds. The van der Waals surface area contributed by atoms with Crippen molar-refractivity contribution in [1.29, 1.82) is 0 Å². The van der Waals surface area contributed by atoms with Crippen LogP contribution in [0.4, 0.5) is 0 Å². The molecule has 16 rings (SSSR count). The van der Waals surface area contributed by atoms with Gasteiger partial charge in [0, 0.05) is 117 Å². The molecular weight excluding hydrogens is 1770 g/mol. The lowest BCUT2D eigenvalue weighted by Crippen LogP contribution is -2.15. The standard InChI is InChI=1S/C10H8.C9H7N.C8H6N2.C8H6O.C8H6S.C7H5NO.10C5H12O.C4H4O.C4H4S.C3H3NO.C3H3NS/c1-2-6-10-8-4-3-7-9(10)5-1;1-2-6-9-8(4-1)5-3-7-10-9;1-2-4-8-7(3-1)9-5-6-10-8;2*1-2-4-8-7(3-1)5-6-9-8;1-2-4-7-6(3-1)8-5-9-7;10*1-5(2,3)6-4;2*1-2-4-5-3-1;2*1-2-5-3-4-1/h1-8H;1-7H;1-6H;2*1-6H;1-5H;10*1-4H3;2*1-4H;2*1-3H. The third-order valence-corrected chi connectivity index (χ3v) is 18.2. The van der Waals surface area contributed by atoms with Crippen molar-refractivity contribution in [1.82, 2.24) is 29.9 Å². The van der Waals surface area contributed by atoms with Gasteiger partial charge in [-0.25, -0.2) is 9.97 Å². The maximum Gasteiger partial charge on any atom is 0.181 e. The van der Waals surface area contributed by atoms with Crippen LogP contribution in [0.5, 0.6) is 0 Å². The molecule has 0 radical (unpaired) electrons. The van der Waals surface area contributed by atoms with E-state index in [1.54, 1.807) is 154 Å². The molecule has 20 nitrogen and oxygen atoms in total. The normalized spacial score (nSPS) is 10.6. The minimum absolute atomic E-state index is 0.0417. The second-order valence-electron chi connectivity index (χ2n) is 38.4. The Kier molecular flexibility index (Phi) is 73.8. The number of oxazole rings is 2. The highest BCUT2D eigenvalue weighted by Gasteiger charge is 2.10. The van der Waals surface area contributed by atoms with Gasteiger partial charge in [-0.3, -0.25) is 19.9 Å². The first kappa shape index (κ1) is 133. The first-order valence-electron chi connectivity index (χ1n) is 45.0. The van der Waals surface area contributed by atoms with E-state index < -0.39 is 0 Å². The lowest BCUT2D eigenvalue weighted by atomic mass is 10.1. The Morgan fingerprint density at radius 1 is 0.212 bits per heavy atom. The maximum atomic E-state index is 5.12. The van der Waals surface area contributed by atoms with Crippen molar-refractivity contribution in [3.05, 3.63) is 314 Å². The van der Waals surface area contributed by atoms with Crippen molar-refractivity contribution in [3.63, 3.8) is 0 Å². The van der Waals surface area contributed by atoms with Gasteiger partial charge in [0.2, 0.25) is 0 Å². The van der Waals surface area contributed by atoms with Gasteiger partial charge in [0.25, 0.3) is 0 Å². The number of hydrogen-bond donors (Lipinski definition) is 0. The lowest BCUT2D eigenvalue weighted by Gasteiger charge is -2.14. The van der Waals surface area contributed by atoms with E-state index in [1.165, 1.54) is 45.3 Å². The number of rotatable bonds is 0. The summed E-state index contributed by atoms with van der Waals surface area (Å²) in [6, 6.07) is 72.4. The van der Waals surface area contributed by atoms with Crippen LogP contribution >= 0.6 is 34.0 Å². The van der Waals surface area contributed by atoms with Gasteiger partial charge in [-0.1, -0.05) is 146 Å². The van der Waals surface area contributed by atoms with Crippen molar-refractivity contribution in [3.8, 4) is 0 Å². The number of ether oxygens (including phenoxy) is 10. The fourth-order valence-corrected chi connectivity index (χ4v) is 8.07. The van der Waals surface area contributed by atoms with E-state index >= 15 is 0 Å². The first-order chi connectivity index (χ1) is 63.9. The van der Waals surface area contributed by atoms with Gasteiger partial charge < -0.3 is 65.0 Å². The molecule has 9 aromatic heterocycles. The van der Waals surface area contributed by atoms with Crippen LogP contribution in [-0.2, 0) is 47.4 Å². The van der Waals surface area contributed by atoms with Gasteiger partial charge in [0.15, 0.2) is 18.4 Å². The molecule has 9 heterocycles. The van der Waals surface area contributed by atoms with Crippen LogP contribution in [0, 0.1) is 0 Å². The lowest BCUT2D eigenvalue weighted by molar-refractivity contribution is 0.0394. The summed E-state index contributed by atoms with van der Waals surface area (Å²) in [6.07, 6.45) is 17.8. The van der Waals surface area contributed by atoms with E-state index in [0.717, 1.165) is 38.6 Å². The second-order valence-corrected chi connectivity index (χ2v) is 40.9. The third-order valence-electron chi connectivity index (χ3n) is 16.2. The number of fused-ring (bicyclic) bond motifs is 6. The largest absolute Gasteiger partial charge is 0.473 e. The van der Waals surface area contributed by atoms with Crippen LogP contribution in [0.25, 0.3) is 64.9 Å². The summed E-state index contributed by atoms with van der Waals surface area (Å²) in [7, 11) is 17.1. The average Bonchev–Trinajstić information content (AvgIpc) is 1.62. The minimum Gasteiger partial charge on any atom is -0.473 e. The minimum atomic E-state index is 0.0417. The summed E-state index contributed by atoms with van der Waals surface area (Å²) in [5, 5.41) is 14.5. The number of furan rings is 2. The highest BCUT2D eigenvalue weighted by Crippen LogP contribution is 2.20. The molecule has 0 aliphatic carbocycles. The molecular formula is C114H172N6O14S3. The number of methoxy groups -OCH3 is 10. The van der Waals surface area contributed by atoms with E-state index in [2.05, 4.69) is 135 Å². The highest BCUT2D eigenvalue weighted by atomic mass is 32.1. The molecule has 0 atom stereocenters. The summed E-state index contributed by atoms with van der Waals surface area (Å²) in [5.41, 5.74) is 7.88. The van der Waals surface area contributed by atoms with Gasteiger partial charge in [-0.05, 0) is 313 Å². The van der Waals surface area contributed by atoms with Crippen LogP contribution in [-0.4, -0.2) is 157 Å². The first-order valence-corrected chi connectivity index (χ1v) is 47.8. The smallest absolute Gasteiger partial charge is 0.181 e. The van der Waals surface area contributed by atoms with Gasteiger partial charge in [-0.15, -0.1) is 22.7 Å². The van der Waals surface area contributed by atoms with E-state index in [-0.39, 0.29) is 56.0 Å². The van der Waals surface area contributed by atoms with Crippen LogP contribution in [0.1, 0.15) is 208 Å². The monoisotopic (exact) mass is 1950 g/mol. The molecule has 7 aromatic carbocycles. The van der Waals surface area contributed by atoms with E-state index in [0.29, 0.717) is 0 Å². The zero-order chi connectivity index (χ0) is 105. The Bertz CT molecular complexity index is 4220. The number of pyridine rings is 1. The number of thiophene rings is 2. The molecule has 23 heteroatoms. The van der Waals surface area contributed by atoms with Gasteiger partial charge in [0.1, 0.15) is 17.4 Å². The highest BCUT2D eigenvalue weighted by molar-refractivity contribution is 7.17. The van der Waals surface area contributed by atoms with E-state index in [1.807, 2.05) is 357 Å². The molecule has 16 aromatic rings. The molecule has 0 aliphatic rings. The summed E-state index contributed by atoms with van der Waals surface area (Å²) < 4.78 is 69.9. The topological polar surface area (TPSA) is 222 Å². The Morgan fingerprint density at radius 3 is 0.825 bits per heavy atom. The fourth-order valence-electron chi connectivity index (χ4n) is 6.48. The molecule has 0 saturated heterocycles.